The van der Waals surface area contributed by atoms with Gasteiger partial charge in [0.1, 0.15) is 0 Å². The summed E-state index contributed by atoms with van der Waals surface area (Å²) in [6, 6.07) is 2.84. The highest BCUT2D eigenvalue weighted by atomic mass is 35.5. The molecule has 2 aliphatic rings. The molecule has 0 bridgehead atoms. The molecular formula is C15H20Cl2F3N3O2S. The molecule has 11 heteroatoms. The van der Waals surface area contributed by atoms with Crippen molar-refractivity contribution in [2.24, 2.45) is 0 Å². The first-order chi connectivity index (χ1) is 11.7. The quantitative estimate of drug-likeness (QED) is 0.795. The third-order valence-corrected chi connectivity index (χ3v) is 6.87. The molecule has 0 aromatic heterocycles. The molecule has 2 fully saturated rings. The molecule has 26 heavy (non-hydrogen) atoms. The van der Waals surface area contributed by atoms with Gasteiger partial charge in [-0.2, -0.15) is 17.5 Å². The van der Waals surface area contributed by atoms with E-state index in [2.05, 4.69) is 10.2 Å². The van der Waals surface area contributed by atoms with Crippen LogP contribution in [-0.4, -0.2) is 62.9 Å². The van der Waals surface area contributed by atoms with Crippen LogP contribution in [0.2, 0.25) is 5.02 Å². The number of hydrogen-bond donors (Lipinski definition) is 1. The van der Waals surface area contributed by atoms with Gasteiger partial charge in [-0.05, 0) is 24.6 Å². The van der Waals surface area contributed by atoms with Crippen LogP contribution in [0, 0.1) is 0 Å². The Labute approximate surface area is 161 Å². The molecule has 2 saturated heterocycles. The number of piperazine rings is 1. The minimum Gasteiger partial charge on any atom is -0.314 e. The van der Waals surface area contributed by atoms with Crippen LogP contribution < -0.4 is 5.32 Å². The highest BCUT2D eigenvalue weighted by Gasteiger charge is 2.38. The second kappa shape index (κ2) is 8.20. The fourth-order valence-electron chi connectivity index (χ4n) is 3.31. The second-order valence-corrected chi connectivity index (χ2v) is 8.58. The molecule has 0 amide bonds. The zero-order chi connectivity index (χ0) is 18.2. The lowest BCUT2D eigenvalue weighted by Crippen LogP contribution is -2.49. The maximum absolute atomic E-state index is 13.0. The minimum atomic E-state index is -4.70. The Bertz CT molecular complexity index is 740. The van der Waals surface area contributed by atoms with Crippen LogP contribution in [0.4, 0.5) is 13.2 Å². The monoisotopic (exact) mass is 433 g/mol. The van der Waals surface area contributed by atoms with E-state index in [1.165, 1.54) is 4.31 Å². The lowest BCUT2D eigenvalue weighted by molar-refractivity contribution is -0.137. The van der Waals surface area contributed by atoms with Crippen LogP contribution in [0.5, 0.6) is 0 Å². The lowest BCUT2D eigenvalue weighted by Gasteiger charge is -2.32. The van der Waals surface area contributed by atoms with Crippen LogP contribution in [-0.2, 0) is 16.2 Å². The van der Waals surface area contributed by atoms with E-state index in [9.17, 15) is 21.6 Å². The molecule has 0 saturated carbocycles. The van der Waals surface area contributed by atoms with Crippen LogP contribution in [0.25, 0.3) is 0 Å². The van der Waals surface area contributed by atoms with Crippen molar-refractivity contribution in [1.29, 1.82) is 0 Å². The van der Waals surface area contributed by atoms with E-state index >= 15 is 0 Å². The molecule has 2 heterocycles. The van der Waals surface area contributed by atoms with Gasteiger partial charge in [0.2, 0.25) is 10.0 Å². The topological polar surface area (TPSA) is 52.7 Å². The Balaban J connectivity index is 0.00000243. The summed E-state index contributed by atoms with van der Waals surface area (Å²) in [6.45, 7) is 4.01. The standard InChI is InChI=1S/C15H19ClF3N3O2S.ClH/c16-14-2-1-12(9-13(14)15(17,18)19)25(23,24)22-6-3-11(10-22)21-7-4-20-5-8-21;/h1-2,9,11,20H,3-8,10H2;1H. The van der Waals surface area contributed by atoms with Crippen LogP contribution >= 0.6 is 24.0 Å². The van der Waals surface area contributed by atoms with Crippen molar-refractivity contribution in [3.8, 4) is 0 Å². The van der Waals surface area contributed by atoms with Gasteiger partial charge in [0, 0.05) is 45.3 Å². The molecule has 2 aliphatic heterocycles. The van der Waals surface area contributed by atoms with E-state index in [-0.39, 0.29) is 23.3 Å². The predicted octanol–water partition coefficient (Wildman–Crippen LogP) is 2.45. The van der Waals surface area contributed by atoms with E-state index in [1.807, 2.05) is 0 Å². The Hall–Kier alpha value is -0.580. The molecule has 1 aromatic rings. The first-order valence-electron chi connectivity index (χ1n) is 8.01. The number of nitrogens with one attached hydrogen (secondary N) is 1. The average molecular weight is 434 g/mol. The molecular weight excluding hydrogens is 414 g/mol. The number of rotatable bonds is 3. The van der Waals surface area contributed by atoms with E-state index in [0.29, 0.717) is 25.6 Å². The van der Waals surface area contributed by atoms with Gasteiger partial charge >= 0.3 is 6.18 Å². The Morgan fingerprint density at radius 2 is 1.81 bits per heavy atom. The summed E-state index contributed by atoms with van der Waals surface area (Å²) in [7, 11) is -3.98. The van der Waals surface area contributed by atoms with Crippen molar-refractivity contribution >= 4 is 34.0 Å². The Morgan fingerprint density at radius 3 is 2.42 bits per heavy atom. The Kier molecular flexibility index (Phi) is 6.85. The summed E-state index contributed by atoms with van der Waals surface area (Å²) >= 11 is 5.57. The van der Waals surface area contributed by atoms with E-state index in [1.54, 1.807) is 0 Å². The van der Waals surface area contributed by atoms with E-state index in [0.717, 1.165) is 38.3 Å². The molecule has 0 radical (unpaired) electrons. The van der Waals surface area contributed by atoms with Crippen molar-refractivity contribution in [3.05, 3.63) is 28.8 Å². The van der Waals surface area contributed by atoms with Gasteiger partial charge in [0.25, 0.3) is 0 Å². The smallest absolute Gasteiger partial charge is 0.314 e. The van der Waals surface area contributed by atoms with Crippen LogP contribution in [0.3, 0.4) is 0 Å². The van der Waals surface area contributed by atoms with Gasteiger partial charge in [0.15, 0.2) is 0 Å². The third kappa shape index (κ3) is 4.45. The molecule has 1 N–H and O–H groups in total. The summed E-state index contributed by atoms with van der Waals surface area (Å²) in [5.74, 6) is 0. The van der Waals surface area contributed by atoms with E-state index < -0.39 is 26.8 Å². The molecule has 3 rings (SSSR count). The summed E-state index contributed by atoms with van der Waals surface area (Å²) in [6.07, 6.45) is -4.02. The second-order valence-electron chi connectivity index (χ2n) is 6.23. The van der Waals surface area contributed by atoms with Gasteiger partial charge in [-0.15, -0.1) is 12.4 Å². The van der Waals surface area contributed by atoms with Gasteiger partial charge in [-0.1, -0.05) is 11.6 Å². The Morgan fingerprint density at radius 1 is 1.15 bits per heavy atom. The number of halogens is 5. The molecule has 5 nitrogen and oxygen atoms in total. The highest BCUT2D eigenvalue weighted by molar-refractivity contribution is 7.89. The lowest BCUT2D eigenvalue weighted by atomic mass is 10.2. The third-order valence-electron chi connectivity index (χ3n) is 4.68. The average Bonchev–Trinajstić information content (AvgIpc) is 3.05. The van der Waals surface area contributed by atoms with Gasteiger partial charge in [0.05, 0.1) is 15.5 Å². The molecule has 1 aromatic carbocycles. The fourth-order valence-corrected chi connectivity index (χ4v) is 5.05. The first-order valence-corrected chi connectivity index (χ1v) is 9.83. The minimum absolute atomic E-state index is 0. The number of nitrogens with zero attached hydrogens (tertiary/aromatic N) is 2. The fraction of sp³-hybridized carbons (Fsp3) is 0.600. The zero-order valence-electron chi connectivity index (χ0n) is 13.8. The van der Waals surface area contributed by atoms with Crippen molar-refractivity contribution in [2.45, 2.75) is 23.5 Å². The molecule has 1 atom stereocenters. The van der Waals surface area contributed by atoms with Crippen LogP contribution in [0.1, 0.15) is 12.0 Å². The molecule has 148 valence electrons. The summed E-state index contributed by atoms with van der Waals surface area (Å²) in [4.78, 5) is 1.86. The summed E-state index contributed by atoms with van der Waals surface area (Å²) in [5.41, 5.74) is -1.13. The number of sulfonamides is 1. The maximum Gasteiger partial charge on any atom is 0.417 e. The maximum atomic E-state index is 13.0. The predicted molar refractivity (Wildman–Crippen MR) is 95.3 cm³/mol. The molecule has 1 unspecified atom stereocenters. The largest absolute Gasteiger partial charge is 0.417 e. The molecule has 0 aliphatic carbocycles. The van der Waals surface area contributed by atoms with Gasteiger partial charge < -0.3 is 5.32 Å². The van der Waals surface area contributed by atoms with Crippen molar-refractivity contribution in [2.75, 3.05) is 39.3 Å². The zero-order valence-corrected chi connectivity index (χ0v) is 16.2. The SMILES string of the molecule is Cl.O=S(=O)(c1ccc(Cl)c(C(F)(F)F)c1)N1CCC(N2CCNCC2)C1. The molecule has 0 spiro atoms. The number of benzene rings is 1. The van der Waals surface area contributed by atoms with Crippen molar-refractivity contribution in [1.82, 2.24) is 14.5 Å². The van der Waals surface area contributed by atoms with Crippen LogP contribution in [0.15, 0.2) is 23.1 Å². The highest BCUT2D eigenvalue weighted by Crippen LogP contribution is 2.36. The summed E-state index contributed by atoms with van der Waals surface area (Å²) in [5, 5.41) is 2.73. The van der Waals surface area contributed by atoms with Crippen molar-refractivity contribution in [3.63, 3.8) is 0 Å². The summed E-state index contributed by atoms with van der Waals surface area (Å²) < 4.78 is 65.7. The van der Waals surface area contributed by atoms with Gasteiger partial charge in [-0.3, -0.25) is 4.90 Å². The van der Waals surface area contributed by atoms with Gasteiger partial charge in [-0.25, -0.2) is 8.42 Å². The normalized spacial score (nSPS) is 23.0. The first kappa shape index (κ1) is 21.7. The van der Waals surface area contributed by atoms with E-state index in [4.69, 9.17) is 11.6 Å². The van der Waals surface area contributed by atoms with Crippen molar-refractivity contribution < 1.29 is 21.6 Å². The number of hydrogen-bond acceptors (Lipinski definition) is 4. The number of alkyl halides is 3.